The quantitative estimate of drug-likeness (QED) is 0.381. The average molecular weight is 506 g/mol. The predicted octanol–water partition coefficient (Wildman–Crippen LogP) is 5.18. The number of nitrogens with one attached hydrogen (secondary N) is 1. The lowest BCUT2D eigenvalue weighted by Gasteiger charge is -2.23. The van der Waals surface area contributed by atoms with Crippen molar-refractivity contribution in [1.82, 2.24) is 14.9 Å². The van der Waals surface area contributed by atoms with Crippen molar-refractivity contribution >= 4 is 11.6 Å². The highest BCUT2D eigenvalue weighted by molar-refractivity contribution is 5.66. The van der Waals surface area contributed by atoms with E-state index in [0.717, 1.165) is 38.0 Å². The molecule has 8 nitrogen and oxygen atoms in total. The van der Waals surface area contributed by atoms with Crippen molar-refractivity contribution in [2.24, 2.45) is 0 Å². The molecular formula is C28H32FN5O3. The Morgan fingerprint density at radius 1 is 1.11 bits per heavy atom. The maximum Gasteiger partial charge on any atom is 0.227 e. The minimum atomic E-state index is -0.424. The molecule has 9 heteroatoms. The van der Waals surface area contributed by atoms with Gasteiger partial charge in [-0.1, -0.05) is 13.8 Å². The Labute approximate surface area is 217 Å². The van der Waals surface area contributed by atoms with Crippen LogP contribution in [0.1, 0.15) is 32.3 Å². The molecule has 0 saturated carbocycles. The zero-order valence-electron chi connectivity index (χ0n) is 21.2. The van der Waals surface area contributed by atoms with Gasteiger partial charge in [0, 0.05) is 42.9 Å². The fourth-order valence-corrected chi connectivity index (χ4v) is 4.08. The van der Waals surface area contributed by atoms with E-state index < -0.39 is 5.82 Å². The number of ether oxygens (including phenoxy) is 3. The molecule has 1 fully saturated rings. The maximum atomic E-state index is 14.3. The van der Waals surface area contributed by atoms with Crippen molar-refractivity contribution in [3.63, 3.8) is 0 Å². The lowest BCUT2D eigenvalue weighted by Crippen LogP contribution is -2.28. The van der Waals surface area contributed by atoms with Crippen molar-refractivity contribution in [2.45, 2.75) is 32.8 Å². The molecule has 1 aliphatic rings. The second-order valence-electron chi connectivity index (χ2n) is 8.66. The molecule has 0 atom stereocenters. The highest BCUT2D eigenvalue weighted by Gasteiger charge is 2.18. The molecule has 0 aliphatic carbocycles. The fourth-order valence-electron chi connectivity index (χ4n) is 4.08. The molecule has 194 valence electrons. The minimum Gasteiger partial charge on any atom is -0.489 e. The molecule has 37 heavy (non-hydrogen) atoms. The minimum absolute atomic E-state index is 0.0448. The zero-order valence-corrected chi connectivity index (χ0v) is 21.2. The second-order valence-corrected chi connectivity index (χ2v) is 8.66. The van der Waals surface area contributed by atoms with Crippen LogP contribution in [0.2, 0.25) is 0 Å². The predicted molar refractivity (Wildman–Crippen MR) is 140 cm³/mol. The van der Waals surface area contributed by atoms with Crippen LogP contribution in [0.5, 0.6) is 11.5 Å². The molecule has 2 heterocycles. The van der Waals surface area contributed by atoms with E-state index in [-0.39, 0.29) is 11.9 Å². The van der Waals surface area contributed by atoms with Crippen LogP contribution in [0.25, 0.3) is 11.3 Å². The topological polar surface area (TPSA) is 92.5 Å². The van der Waals surface area contributed by atoms with Crippen LogP contribution < -0.4 is 14.8 Å². The summed E-state index contributed by atoms with van der Waals surface area (Å²) in [6.45, 7) is 8.44. The largest absolute Gasteiger partial charge is 0.489 e. The molecule has 1 aromatic heterocycles. The lowest BCUT2D eigenvalue weighted by molar-refractivity contribution is 0.0254. The van der Waals surface area contributed by atoms with Gasteiger partial charge in [-0.05, 0) is 49.5 Å². The summed E-state index contributed by atoms with van der Waals surface area (Å²) < 4.78 is 31.4. The number of nitrogens with zero attached hydrogens (tertiary/aromatic N) is 4. The van der Waals surface area contributed by atoms with Gasteiger partial charge >= 0.3 is 0 Å². The Kier molecular flexibility index (Phi) is 9.24. The van der Waals surface area contributed by atoms with Crippen molar-refractivity contribution in [2.75, 3.05) is 44.8 Å². The summed E-state index contributed by atoms with van der Waals surface area (Å²) in [6, 6.07) is 14.0. The van der Waals surface area contributed by atoms with Gasteiger partial charge in [0.05, 0.1) is 24.5 Å². The SMILES string of the molecule is CCN(CC)CCOc1cc(Nc2nccc(-c3ccc(OC4CCOCC4)c(C#N)c3)n2)ccc1F. The number of rotatable bonds is 11. The molecule has 0 radical (unpaired) electrons. The maximum absolute atomic E-state index is 14.3. The third-order valence-corrected chi connectivity index (χ3v) is 6.26. The molecule has 0 unspecified atom stereocenters. The van der Waals surface area contributed by atoms with E-state index in [2.05, 4.69) is 40.1 Å². The highest BCUT2D eigenvalue weighted by Crippen LogP contribution is 2.29. The van der Waals surface area contributed by atoms with E-state index in [0.29, 0.717) is 48.5 Å². The Morgan fingerprint density at radius 3 is 2.68 bits per heavy atom. The van der Waals surface area contributed by atoms with Gasteiger partial charge in [-0.3, -0.25) is 0 Å². The summed E-state index contributed by atoms with van der Waals surface area (Å²) in [5, 5.41) is 12.8. The number of benzene rings is 2. The summed E-state index contributed by atoms with van der Waals surface area (Å²) in [5.41, 5.74) is 2.46. The standard InChI is InChI=1S/C28H32FN5O3/c1-3-34(4-2)13-16-36-27-18-22(6-7-24(27)29)32-28-31-12-9-25(33-28)20-5-8-26(21(17-20)19-30)37-23-10-14-35-15-11-23/h5-9,12,17-18,23H,3-4,10-11,13-16H2,1-2H3,(H,31,32,33). The molecule has 4 rings (SSSR count). The molecule has 1 aliphatic heterocycles. The Hall–Kier alpha value is -3.74. The number of halogens is 1. The van der Waals surface area contributed by atoms with Crippen LogP contribution in [0, 0.1) is 17.1 Å². The van der Waals surface area contributed by atoms with Crippen LogP contribution in [-0.2, 0) is 4.74 Å². The molecule has 3 aromatic rings. The molecule has 0 spiro atoms. The third-order valence-electron chi connectivity index (χ3n) is 6.26. The summed E-state index contributed by atoms with van der Waals surface area (Å²) >= 11 is 0. The molecule has 0 bridgehead atoms. The first-order chi connectivity index (χ1) is 18.1. The first-order valence-electron chi connectivity index (χ1n) is 12.6. The molecule has 1 saturated heterocycles. The summed E-state index contributed by atoms with van der Waals surface area (Å²) in [4.78, 5) is 11.1. The number of nitriles is 1. The van der Waals surface area contributed by atoms with Crippen molar-refractivity contribution in [1.29, 1.82) is 5.26 Å². The van der Waals surface area contributed by atoms with E-state index in [4.69, 9.17) is 14.2 Å². The van der Waals surface area contributed by atoms with Crippen molar-refractivity contribution in [3.05, 3.63) is 60.0 Å². The van der Waals surface area contributed by atoms with Crippen molar-refractivity contribution in [3.8, 4) is 28.8 Å². The van der Waals surface area contributed by atoms with E-state index in [1.165, 1.54) is 6.07 Å². The first-order valence-corrected chi connectivity index (χ1v) is 12.6. The van der Waals surface area contributed by atoms with Gasteiger partial charge in [0.25, 0.3) is 0 Å². The van der Waals surface area contributed by atoms with Crippen LogP contribution in [0.15, 0.2) is 48.7 Å². The van der Waals surface area contributed by atoms with Gasteiger partial charge in [-0.25, -0.2) is 14.4 Å². The molecule has 2 aromatic carbocycles. The average Bonchev–Trinajstić information content (AvgIpc) is 2.93. The van der Waals surface area contributed by atoms with Crippen LogP contribution in [0.4, 0.5) is 16.0 Å². The summed E-state index contributed by atoms with van der Waals surface area (Å²) in [6.07, 6.45) is 3.29. The smallest absolute Gasteiger partial charge is 0.227 e. The molecule has 1 N–H and O–H groups in total. The van der Waals surface area contributed by atoms with Crippen LogP contribution in [-0.4, -0.2) is 60.4 Å². The zero-order chi connectivity index (χ0) is 26.0. The Morgan fingerprint density at radius 2 is 1.92 bits per heavy atom. The summed E-state index contributed by atoms with van der Waals surface area (Å²) in [5.74, 6) is 0.656. The Balaban J connectivity index is 1.45. The van der Waals surface area contributed by atoms with E-state index in [1.54, 1.807) is 36.5 Å². The third kappa shape index (κ3) is 7.15. The van der Waals surface area contributed by atoms with E-state index in [1.807, 2.05) is 6.07 Å². The fraction of sp³-hybridized carbons (Fsp3) is 0.393. The number of hydrogen-bond acceptors (Lipinski definition) is 8. The summed E-state index contributed by atoms with van der Waals surface area (Å²) in [7, 11) is 0. The highest BCUT2D eigenvalue weighted by atomic mass is 19.1. The normalized spacial score (nSPS) is 13.8. The second kappa shape index (κ2) is 13.0. The van der Waals surface area contributed by atoms with Crippen LogP contribution in [0.3, 0.4) is 0 Å². The molecule has 0 amide bonds. The van der Waals surface area contributed by atoms with Gasteiger partial charge in [0.1, 0.15) is 24.5 Å². The Bertz CT molecular complexity index is 1220. The van der Waals surface area contributed by atoms with Gasteiger partial charge in [0.15, 0.2) is 11.6 Å². The van der Waals surface area contributed by atoms with Gasteiger partial charge < -0.3 is 24.4 Å². The van der Waals surface area contributed by atoms with Crippen molar-refractivity contribution < 1.29 is 18.6 Å². The number of likely N-dealkylation sites (N-methyl/N-ethyl adjacent to an activating group) is 1. The molecular weight excluding hydrogens is 473 g/mol. The number of anilines is 2. The van der Waals surface area contributed by atoms with Gasteiger partial charge in [-0.15, -0.1) is 0 Å². The van der Waals surface area contributed by atoms with Crippen LogP contribution >= 0.6 is 0 Å². The van der Waals surface area contributed by atoms with Gasteiger partial charge in [0.2, 0.25) is 5.95 Å². The number of aromatic nitrogens is 2. The van der Waals surface area contributed by atoms with E-state index >= 15 is 0 Å². The van der Waals surface area contributed by atoms with E-state index in [9.17, 15) is 9.65 Å². The van der Waals surface area contributed by atoms with Gasteiger partial charge in [-0.2, -0.15) is 5.26 Å². The number of hydrogen-bond donors (Lipinski definition) is 1. The lowest BCUT2D eigenvalue weighted by atomic mass is 10.1. The monoisotopic (exact) mass is 505 g/mol. The first kappa shape index (κ1) is 26.3.